The summed E-state index contributed by atoms with van der Waals surface area (Å²) >= 11 is 0. The van der Waals surface area contributed by atoms with Crippen molar-refractivity contribution in [2.45, 2.75) is 18.9 Å². The van der Waals surface area contributed by atoms with Crippen LogP contribution in [0.4, 0.5) is 4.39 Å². The number of halogens is 1. The summed E-state index contributed by atoms with van der Waals surface area (Å²) in [5.74, 6) is 0.924. The summed E-state index contributed by atoms with van der Waals surface area (Å²) < 4.78 is 21.6. The lowest BCUT2D eigenvalue weighted by Gasteiger charge is -2.21. The molecule has 0 radical (unpaired) electrons. The topological polar surface area (TPSA) is 71.9 Å². The average molecular weight is 483 g/mol. The highest BCUT2D eigenvalue weighted by Gasteiger charge is 2.24. The van der Waals surface area contributed by atoms with Gasteiger partial charge in [0.1, 0.15) is 23.4 Å². The van der Waals surface area contributed by atoms with Crippen LogP contribution in [0.5, 0.6) is 5.75 Å². The average Bonchev–Trinajstić information content (AvgIpc) is 3.49. The molecule has 2 heterocycles. The molecule has 5 rings (SSSR count). The molecule has 7 heteroatoms. The highest BCUT2D eigenvalue weighted by Crippen LogP contribution is 2.33. The monoisotopic (exact) mass is 482 g/mol. The molecule has 1 atom stereocenters. The van der Waals surface area contributed by atoms with Gasteiger partial charge in [-0.1, -0.05) is 48.5 Å². The van der Waals surface area contributed by atoms with Gasteiger partial charge in [0.25, 0.3) is 0 Å². The molecule has 2 N–H and O–H groups in total. The highest BCUT2D eigenvalue weighted by atomic mass is 19.1. The van der Waals surface area contributed by atoms with Crippen molar-refractivity contribution in [2.75, 3.05) is 7.11 Å². The lowest BCUT2D eigenvalue weighted by Crippen LogP contribution is -2.31. The fraction of sp³-hybridized carbons (Fsp3) is 0.172. The molecule has 182 valence electrons. The molecular formula is C29H27FN4O2. The third kappa shape index (κ3) is 4.60. The van der Waals surface area contributed by atoms with Crippen molar-refractivity contribution in [3.8, 4) is 17.0 Å². The van der Waals surface area contributed by atoms with E-state index in [0.717, 1.165) is 33.3 Å². The van der Waals surface area contributed by atoms with Crippen LogP contribution in [0.1, 0.15) is 29.4 Å². The first kappa shape index (κ1) is 23.4. The zero-order valence-corrected chi connectivity index (χ0v) is 20.2. The molecule has 0 aliphatic rings. The number of fused-ring (bicyclic) bond motifs is 1. The van der Waals surface area contributed by atoms with E-state index in [1.165, 1.54) is 12.1 Å². The Morgan fingerprint density at radius 3 is 2.64 bits per heavy atom. The second kappa shape index (κ2) is 10.1. The van der Waals surface area contributed by atoms with Gasteiger partial charge in [-0.2, -0.15) is 0 Å². The number of rotatable bonds is 8. The van der Waals surface area contributed by atoms with Crippen LogP contribution in [-0.2, 0) is 18.3 Å². The smallest absolute Gasteiger partial charge is 0.221 e. The minimum atomic E-state index is -0.484. The highest BCUT2D eigenvalue weighted by molar-refractivity contribution is 5.91. The van der Waals surface area contributed by atoms with Crippen LogP contribution in [-0.4, -0.2) is 27.6 Å². The van der Waals surface area contributed by atoms with Crippen molar-refractivity contribution in [1.29, 1.82) is 0 Å². The molecule has 36 heavy (non-hydrogen) atoms. The predicted molar refractivity (Wildman–Crippen MR) is 138 cm³/mol. The zero-order chi connectivity index (χ0) is 25.1. The fourth-order valence-electron chi connectivity index (χ4n) is 4.64. The first-order chi connectivity index (χ1) is 17.5. The third-order valence-corrected chi connectivity index (χ3v) is 6.40. The molecular weight excluding hydrogens is 455 g/mol. The molecule has 0 aliphatic carbocycles. The second-order valence-electron chi connectivity index (χ2n) is 8.67. The maximum atomic E-state index is 14.1. The molecule has 0 bridgehead atoms. The molecule has 1 amide bonds. The molecule has 0 saturated carbocycles. The van der Waals surface area contributed by atoms with E-state index in [2.05, 4.69) is 15.3 Å². The SMILES string of the molecule is COc1ccccc1C(NC(=O)CCc1c(-c2ccccc2)[nH]c2ccc(F)cc12)c1nccn1C. The van der Waals surface area contributed by atoms with Crippen LogP contribution in [0.3, 0.4) is 0 Å². The van der Waals surface area contributed by atoms with Gasteiger partial charge in [0, 0.05) is 48.0 Å². The van der Waals surface area contributed by atoms with E-state index in [1.54, 1.807) is 19.4 Å². The summed E-state index contributed by atoms with van der Waals surface area (Å²) in [5.41, 5.74) is 4.46. The van der Waals surface area contributed by atoms with Gasteiger partial charge in [-0.25, -0.2) is 9.37 Å². The Morgan fingerprint density at radius 1 is 1.11 bits per heavy atom. The predicted octanol–water partition coefficient (Wildman–Crippen LogP) is 5.55. The van der Waals surface area contributed by atoms with E-state index in [1.807, 2.05) is 72.4 Å². The summed E-state index contributed by atoms with van der Waals surface area (Å²) in [5, 5.41) is 3.93. The number of amides is 1. The quantitative estimate of drug-likeness (QED) is 0.304. The van der Waals surface area contributed by atoms with E-state index >= 15 is 0 Å². The van der Waals surface area contributed by atoms with Gasteiger partial charge in [0.05, 0.1) is 7.11 Å². The fourth-order valence-corrected chi connectivity index (χ4v) is 4.64. The van der Waals surface area contributed by atoms with Crippen LogP contribution in [0.2, 0.25) is 0 Å². The lowest BCUT2D eigenvalue weighted by molar-refractivity contribution is -0.121. The van der Waals surface area contributed by atoms with Crippen LogP contribution in [0.15, 0.2) is 85.2 Å². The number of carbonyl (C=O) groups is 1. The van der Waals surface area contributed by atoms with Crippen LogP contribution in [0.25, 0.3) is 22.2 Å². The minimum absolute atomic E-state index is 0.140. The van der Waals surface area contributed by atoms with Gasteiger partial charge in [-0.05, 0) is 41.8 Å². The molecule has 3 aromatic carbocycles. The summed E-state index contributed by atoms with van der Waals surface area (Å²) in [6.07, 6.45) is 4.21. The van der Waals surface area contributed by atoms with Crippen molar-refractivity contribution in [2.24, 2.45) is 7.05 Å². The third-order valence-electron chi connectivity index (χ3n) is 6.40. The molecule has 0 spiro atoms. The summed E-state index contributed by atoms with van der Waals surface area (Å²) in [4.78, 5) is 21.2. The van der Waals surface area contributed by atoms with Gasteiger partial charge in [-0.3, -0.25) is 4.79 Å². The van der Waals surface area contributed by atoms with Crippen LogP contribution in [0, 0.1) is 5.82 Å². The van der Waals surface area contributed by atoms with Crippen LogP contribution >= 0.6 is 0 Å². The molecule has 0 saturated heterocycles. The molecule has 0 aliphatic heterocycles. The molecule has 2 aromatic heterocycles. The summed E-state index contributed by atoms with van der Waals surface area (Å²) in [7, 11) is 3.50. The maximum Gasteiger partial charge on any atom is 0.221 e. The molecule has 1 unspecified atom stereocenters. The van der Waals surface area contributed by atoms with E-state index in [0.29, 0.717) is 18.0 Å². The number of H-pyrrole nitrogens is 1. The van der Waals surface area contributed by atoms with Gasteiger partial charge in [-0.15, -0.1) is 0 Å². The molecule has 0 fully saturated rings. The number of imidazole rings is 1. The van der Waals surface area contributed by atoms with E-state index < -0.39 is 6.04 Å². The number of aromatic amines is 1. The van der Waals surface area contributed by atoms with Crippen molar-refractivity contribution < 1.29 is 13.9 Å². The number of carbonyl (C=O) groups excluding carboxylic acids is 1. The zero-order valence-electron chi connectivity index (χ0n) is 20.2. The Kier molecular flexibility index (Phi) is 6.54. The number of nitrogens with zero attached hydrogens (tertiary/aromatic N) is 2. The van der Waals surface area contributed by atoms with Crippen molar-refractivity contribution in [3.05, 3.63) is 108 Å². The Balaban J connectivity index is 1.44. The number of ether oxygens (including phenoxy) is 1. The number of para-hydroxylation sites is 1. The number of methoxy groups -OCH3 is 1. The van der Waals surface area contributed by atoms with Gasteiger partial charge in [0.2, 0.25) is 5.91 Å². The lowest BCUT2D eigenvalue weighted by atomic mass is 10.00. The first-order valence-electron chi connectivity index (χ1n) is 11.8. The molecule has 5 aromatic rings. The largest absolute Gasteiger partial charge is 0.496 e. The maximum absolute atomic E-state index is 14.1. The van der Waals surface area contributed by atoms with Crippen molar-refractivity contribution >= 4 is 16.8 Å². The molecule has 6 nitrogen and oxygen atoms in total. The first-order valence-corrected chi connectivity index (χ1v) is 11.8. The van der Waals surface area contributed by atoms with Crippen molar-refractivity contribution in [1.82, 2.24) is 19.9 Å². The van der Waals surface area contributed by atoms with E-state index in [-0.39, 0.29) is 18.1 Å². The Hall–Kier alpha value is -4.39. The normalized spacial score (nSPS) is 12.0. The van der Waals surface area contributed by atoms with Crippen LogP contribution < -0.4 is 10.1 Å². The van der Waals surface area contributed by atoms with Crippen molar-refractivity contribution in [3.63, 3.8) is 0 Å². The van der Waals surface area contributed by atoms with E-state index in [4.69, 9.17) is 4.74 Å². The Bertz CT molecular complexity index is 1510. The second-order valence-corrected chi connectivity index (χ2v) is 8.67. The minimum Gasteiger partial charge on any atom is -0.496 e. The number of hydrogen-bond acceptors (Lipinski definition) is 3. The number of benzene rings is 3. The van der Waals surface area contributed by atoms with Gasteiger partial charge >= 0.3 is 0 Å². The standard InChI is InChI=1S/C29H27FN4O2/c1-34-17-16-31-29(34)28(22-10-6-7-11-25(22)36-2)33-26(35)15-13-21-23-18-20(30)12-14-24(23)32-27(21)19-8-4-3-5-9-19/h3-12,14,16-18,28,32H,13,15H2,1-2H3,(H,33,35). The summed E-state index contributed by atoms with van der Waals surface area (Å²) in [6, 6.07) is 21.7. The number of nitrogens with one attached hydrogen (secondary N) is 2. The van der Waals surface area contributed by atoms with E-state index in [9.17, 15) is 9.18 Å². The number of aryl methyl sites for hydroxylation is 2. The number of aromatic nitrogens is 3. The summed E-state index contributed by atoms with van der Waals surface area (Å²) in [6.45, 7) is 0. The number of hydrogen-bond donors (Lipinski definition) is 2. The Labute approximate surface area is 208 Å². The Morgan fingerprint density at radius 2 is 1.89 bits per heavy atom. The van der Waals surface area contributed by atoms with Gasteiger partial charge in [0.15, 0.2) is 0 Å². The van der Waals surface area contributed by atoms with Gasteiger partial charge < -0.3 is 19.6 Å².